The maximum Gasteiger partial charge on any atom is 0.220 e. The SMILES string of the molecule is CCCC.CCCc1nc(OC)cc(OC)n1. The second kappa shape index (κ2) is 9.87. The second-order valence-electron chi connectivity index (χ2n) is 3.62. The first-order chi connectivity index (χ1) is 8.21. The third-order valence-corrected chi connectivity index (χ3v) is 2.12. The fourth-order valence-corrected chi connectivity index (χ4v) is 0.994. The topological polar surface area (TPSA) is 44.2 Å². The molecule has 0 unspecified atom stereocenters. The van der Waals surface area contributed by atoms with E-state index in [1.165, 1.54) is 12.8 Å². The van der Waals surface area contributed by atoms with Gasteiger partial charge in [-0.25, -0.2) is 0 Å². The van der Waals surface area contributed by atoms with E-state index in [-0.39, 0.29) is 0 Å². The molecule has 17 heavy (non-hydrogen) atoms. The van der Waals surface area contributed by atoms with Crippen LogP contribution in [0.5, 0.6) is 11.8 Å². The summed E-state index contributed by atoms with van der Waals surface area (Å²) in [5, 5.41) is 0. The number of aromatic nitrogens is 2. The summed E-state index contributed by atoms with van der Waals surface area (Å²) in [6.45, 7) is 6.44. The van der Waals surface area contributed by atoms with Crippen LogP contribution < -0.4 is 9.47 Å². The van der Waals surface area contributed by atoms with Crippen LogP contribution in [0.25, 0.3) is 0 Å². The van der Waals surface area contributed by atoms with E-state index >= 15 is 0 Å². The van der Waals surface area contributed by atoms with Gasteiger partial charge in [0, 0.05) is 6.42 Å². The van der Waals surface area contributed by atoms with E-state index < -0.39 is 0 Å². The Labute approximate surface area is 104 Å². The van der Waals surface area contributed by atoms with Crippen LogP contribution in [0.15, 0.2) is 6.07 Å². The fourth-order valence-electron chi connectivity index (χ4n) is 0.994. The van der Waals surface area contributed by atoms with Crippen LogP contribution in [-0.2, 0) is 6.42 Å². The molecule has 0 radical (unpaired) electrons. The summed E-state index contributed by atoms with van der Waals surface area (Å²) in [4.78, 5) is 8.35. The Kier molecular flexibility index (Phi) is 9.11. The van der Waals surface area contributed by atoms with Crippen LogP contribution in [0, 0.1) is 0 Å². The van der Waals surface area contributed by atoms with E-state index in [9.17, 15) is 0 Å². The molecule has 0 aliphatic heterocycles. The zero-order valence-electron chi connectivity index (χ0n) is 11.6. The minimum Gasteiger partial charge on any atom is -0.481 e. The van der Waals surface area contributed by atoms with Crippen molar-refractivity contribution >= 4 is 0 Å². The first-order valence-electron chi connectivity index (χ1n) is 6.17. The molecule has 0 atom stereocenters. The molecule has 1 aromatic heterocycles. The van der Waals surface area contributed by atoms with Crippen LogP contribution in [0.4, 0.5) is 0 Å². The number of rotatable bonds is 5. The smallest absolute Gasteiger partial charge is 0.220 e. The third-order valence-electron chi connectivity index (χ3n) is 2.12. The van der Waals surface area contributed by atoms with Gasteiger partial charge in [0.05, 0.1) is 20.3 Å². The molecular weight excluding hydrogens is 216 g/mol. The summed E-state index contributed by atoms with van der Waals surface area (Å²) in [6, 6.07) is 1.67. The average molecular weight is 240 g/mol. The predicted molar refractivity (Wildman–Crippen MR) is 69.7 cm³/mol. The third kappa shape index (κ3) is 6.76. The predicted octanol–water partition coefficient (Wildman–Crippen LogP) is 3.25. The molecule has 0 saturated heterocycles. The number of unbranched alkanes of at least 4 members (excludes halogenated alkanes) is 1. The average Bonchev–Trinajstić information content (AvgIpc) is 2.39. The van der Waals surface area contributed by atoms with Gasteiger partial charge in [-0.2, -0.15) is 9.97 Å². The fraction of sp³-hybridized carbons (Fsp3) is 0.692. The first kappa shape index (κ1) is 15.7. The van der Waals surface area contributed by atoms with Crippen LogP contribution >= 0.6 is 0 Å². The summed E-state index contributed by atoms with van der Waals surface area (Å²) in [5.41, 5.74) is 0. The van der Waals surface area contributed by atoms with Crippen molar-refractivity contribution in [2.24, 2.45) is 0 Å². The number of methoxy groups -OCH3 is 2. The number of hydrogen-bond donors (Lipinski definition) is 0. The van der Waals surface area contributed by atoms with Crippen LogP contribution in [0.2, 0.25) is 0 Å². The Morgan fingerprint density at radius 2 is 1.35 bits per heavy atom. The van der Waals surface area contributed by atoms with Gasteiger partial charge in [0.25, 0.3) is 0 Å². The Hall–Kier alpha value is -1.32. The van der Waals surface area contributed by atoms with Crippen LogP contribution in [-0.4, -0.2) is 24.2 Å². The standard InChI is InChI=1S/C9H14N2O2.C4H10/c1-4-5-7-10-8(12-2)6-9(11-7)13-3;1-3-4-2/h6H,4-5H2,1-3H3;3-4H2,1-2H3. The lowest BCUT2D eigenvalue weighted by Crippen LogP contribution is -1.99. The molecule has 4 heteroatoms. The first-order valence-corrected chi connectivity index (χ1v) is 6.17. The van der Waals surface area contributed by atoms with Crippen LogP contribution in [0.3, 0.4) is 0 Å². The molecule has 4 nitrogen and oxygen atoms in total. The summed E-state index contributed by atoms with van der Waals surface area (Å²) < 4.78 is 10.0. The van der Waals surface area contributed by atoms with E-state index in [1.54, 1.807) is 20.3 Å². The highest BCUT2D eigenvalue weighted by molar-refractivity contribution is 5.20. The highest BCUT2D eigenvalue weighted by Crippen LogP contribution is 2.15. The normalized spacial score (nSPS) is 9.24. The number of nitrogens with zero attached hydrogens (tertiary/aromatic N) is 2. The van der Waals surface area contributed by atoms with Crippen molar-refractivity contribution in [1.29, 1.82) is 0 Å². The van der Waals surface area contributed by atoms with Gasteiger partial charge in [0.2, 0.25) is 11.8 Å². The Morgan fingerprint density at radius 1 is 0.882 bits per heavy atom. The van der Waals surface area contributed by atoms with Gasteiger partial charge in [0.15, 0.2) is 0 Å². The molecule has 0 aliphatic rings. The summed E-state index contributed by atoms with van der Waals surface area (Å²) in [5.74, 6) is 1.87. The van der Waals surface area contributed by atoms with E-state index in [4.69, 9.17) is 9.47 Å². The molecule has 0 spiro atoms. The maximum absolute atomic E-state index is 5.01. The summed E-state index contributed by atoms with van der Waals surface area (Å²) >= 11 is 0. The number of aryl methyl sites for hydroxylation is 1. The van der Waals surface area contributed by atoms with E-state index in [1.807, 2.05) is 0 Å². The van der Waals surface area contributed by atoms with Gasteiger partial charge in [-0.3, -0.25) is 0 Å². The molecule has 0 amide bonds. The molecule has 98 valence electrons. The van der Waals surface area contributed by atoms with Crippen molar-refractivity contribution in [3.8, 4) is 11.8 Å². The van der Waals surface area contributed by atoms with Gasteiger partial charge in [-0.05, 0) is 6.42 Å². The van der Waals surface area contributed by atoms with Gasteiger partial charge in [-0.1, -0.05) is 33.6 Å². The van der Waals surface area contributed by atoms with Gasteiger partial charge in [0.1, 0.15) is 5.82 Å². The molecule has 0 aliphatic carbocycles. The molecule has 0 bridgehead atoms. The molecule has 0 aromatic carbocycles. The lowest BCUT2D eigenvalue weighted by Gasteiger charge is -2.04. The molecule has 0 fully saturated rings. The molecule has 1 aromatic rings. The Balaban J connectivity index is 0.000000557. The number of ether oxygens (including phenoxy) is 2. The highest BCUT2D eigenvalue weighted by Gasteiger charge is 2.03. The zero-order chi connectivity index (χ0) is 13.1. The van der Waals surface area contributed by atoms with E-state index in [0.29, 0.717) is 11.8 Å². The maximum atomic E-state index is 5.01. The summed E-state index contributed by atoms with van der Waals surface area (Å²) in [6.07, 6.45) is 4.49. The van der Waals surface area contributed by atoms with Gasteiger partial charge in [-0.15, -0.1) is 0 Å². The largest absolute Gasteiger partial charge is 0.481 e. The van der Waals surface area contributed by atoms with Crippen molar-refractivity contribution in [1.82, 2.24) is 9.97 Å². The minimum atomic E-state index is 0.551. The van der Waals surface area contributed by atoms with Crippen molar-refractivity contribution in [2.45, 2.75) is 46.5 Å². The van der Waals surface area contributed by atoms with E-state index in [0.717, 1.165) is 18.7 Å². The van der Waals surface area contributed by atoms with Gasteiger partial charge < -0.3 is 9.47 Å². The van der Waals surface area contributed by atoms with E-state index in [2.05, 4.69) is 30.7 Å². The van der Waals surface area contributed by atoms with Crippen LogP contribution in [0.1, 0.15) is 45.9 Å². The highest BCUT2D eigenvalue weighted by atomic mass is 16.5. The van der Waals surface area contributed by atoms with Crippen molar-refractivity contribution in [3.05, 3.63) is 11.9 Å². The number of hydrogen-bond acceptors (Lipinski definition) is 4. The van der Waals surface area contributed by atoms with Gasteiger partial charge >= 0.3 is 0 Å². The molecular formula is C13H24N2O2. The summed E-state index contributed by atoms with van der Waals surface area (Å²) in [7, 11) is 3.16. The second-order valence-corrected chi connectivity index (χ2v) is 3.62. The Morgan fingerprint density at radius 3 is 1.65 bits per heavy atom. The van der Waals surface area contributed by atoms with Crippen molar-refractivity contribution in [2.75, 3.05) is 14.2 Å². The van der Waals surface area contributed by atoms with Crippen molar-refractivity contribution in [3.63, 3.8) is 0 Å². The quantitative estimate of drug-likeness (QED) is 0.792. The minimum absolute atomic E-state index is 0.551. The molecule has 0 saturated carbocycles. The lowest BCUT2D eigenvalue weighted by atomic mass is 10.3. The molecule has 0 N–H and O–H groups in total. The molecule has 1 heterocycles. The lowest BCUT2D eigenvalue weighted by molar-refractivity contribution is 0.368. The van der Waals surface area contributed by atoms with Crippen molar-refractivity contribution < 1.29 is 9.47 Å². The Bertz CT molecular complexity index is 279. The monoisotopic (exact) mass is 240 g/mol. The zero-order valence-corrected chi connectivity index (χ0v) is 11.6. The molecule has 1 rings (SSSR count).